The lowest BCUT2D eigenvalue weighted by Crippen LogP contribution is -2.36. The van der Waals surface area contributed by atoms with E-state index < -0.39 is 6.10 Å². The third-order valence-corrected chi connectivity index (χ3v) is 4.08. The number of hydrogen-bond acceptors (Lipinski definition) is 3. The van der Waals surface area contributed by atoms with Crippen molar-refractivity contribution in [3.63, 3.8) is 0 Å². The molecule has 0 bridgehead atoms. The Morgan fingerprint density at radius 3 is 2.56 bits per heavy atom. The maximum Gasteiger partial charge on any atom is 0.223 e. The molecule has 2 N–H and O–H groups in total. The second-order valence-electron chi connectivity index (χ2n) is 4.87. The highest BCUT2D eigenvalue weighted by atomic mass is 32.2. The van der Waals surface area contributed by atoms with Crippen molar-refractivity contribution in [3.8, 4) is 0 Å². The van der Waals surface area contributed by atoms with Gasteiger partial charge in [0.1, 0.15) is 0 Å². The molecule has 0 spiro atoms. The Balaban J connectivity index is 2.41. The van der Waals surface area contributed by atoms with Gasteiger partial charge in [-0.05, 0) is 25.7 Å². The normalized spacial score (nSPS) is 13.1. The summed E-state index contributed by atoms with van der Waals surface area (Å²) in [5.74, 6) is -0.117. The summed E-state index contributed by atoms with van der Waals surface area (Å²) in [6, 6.07) is 9.24. The molecular weight excluding hydrogens is 246 g/mol. The minimum absolute atomic E-state index is 0.0212. The molecule has 0 aliphatic rings. The van der Waals surface area contributed by atoms with Crippen molar-refractivity contribution in [2.75, 3.05) is 12.8 Å². The van der Waals surface area contributed by atoms with E-state index in [1.165, 1.54) is 0 Å². The molecule has 0 aliphatic carbocycles. The lowest BCUT2D eigenvalue weighted by Gasteiger charge is -2.22. The van der Waals surface area contributed by atoms with Crippen LogP contribution in [0.1, 0.15) is 31.9 Å². The van der Waals surface area contributed by atoms with E-state index in [4.69, 9.17) is 0 Å². The first kappa shape index (κ1) is 15.1. The Morgan fingerprint density at radius 2 is 2.00 bits per heavy atom. The van der Waals surface area contributed by atoms with Crippen molar-refractivity contribution in [2.45, 2.75) is 31.1 Å². The van der Waals surface area contributed by atoms with Crippen LogP contribution >= 0.6 is 11.8 Å². The Labute approximate surface area is 113 Å². The fourth-order valence-corrected chi connectivity index (χ4v) is 1.64. The number of carbonyl (C=O) groups excluding carboxylic acids is 1. The third-order valence-electron chi connectivity index (χ3n) is 2.83. The molecule has 0 saturated heterocycles. The SMILES string of the molecule is CSC(C)(C)CNC(=O)CC(O)c1ccccc1. The number of rotatable bonds is 6. The van der Waals surface area contributed by atoms with Crippen molar-refractivity contribution in [1.29, 1.82) is 0 Å². The predicted octanol–water partition coefficient (Wildman–Crippen LogP) is 2.37. The fourth-order valence-electron chi connectivity index (χ4n) is 1.42. The highest BCUT2D eigenvalue weighted by molar-refractivity contribution is 7.99. The molecular formula is C14H21NO2S. The van der Waals surface area contributed by atoms with E-state index in [2.05, 4.69) is 19.2 Å². The predicted molar refractivity (Wildman–Crippen MR) is 76.6 cm³/mol. The first-order valence-corrected chi connectivity index (χ1v) is 7.22. The monoisotopic (exact) mass is 267 g/mol. The third kappa shape index (κ3) is 5.10. The summed E-state index contributed by atoms with van der Waals surface area (Å²) in [6.45, 7) is 4.76. The molecule has 1 atom stereocenters. The van der Waals surface area contributed by atoms with Crippen LogP contribution in [0, 0.1) is 0 Å². The molecule has 1 amide bonds. The minimum Gasteiger partial charge on any atom is -0.388 e. The summed E-state index contributed by atoms with van der Waals surface area (Å²) >= 11 is 1.71. The molecule has 3 nitrogen and oxygen atoms in total. The van der Waals surface area contributed by atoms with Gasteiger partial charge in [-0.15, -0.1) is 0 Å². The zero-order chi connectivity index (χ0) is 13.6. The van der Waals surface area contributed by atoms with Gasteiger partial charge in [-0.2, -0.15) is 11.8 Å². The van der Waals surface area contributed by atoms with Gasteiger partial charge in [0.15, 0.2) is 0 Å². The van der Waals surface area contributed by atoms with Gasteiger partial charge in [0.2, 0.25) is 5.91 Å². The Morgan fingerprint density at radius 1 is 1.39 bits per heavy atom. The van der Waals surface area contributed by atoms with Gasteiger partial charge in [0.05, 0.1) is 12.5 Å². The van der Waals surface area contributed by atoms with E-state index in [9.17, 15) is 9.90 Å². The van der Waals surface area contributed by atoms with Crippen molar-refractivity contribution >= 4 is 17.7 Å². The van der Waals surface area contributed by atoms with Crippen LogP contribution < -0.4 is 5.32 Å². The van der Waals surface area contributed by atoms with Gasteiger partial charge in [0.25, 0.3) is 0 Å². The fraction of sp³-hybridized carbons (Fsp3) is 0.500. The van der Waals surface area contributed by atoms with Gasteiger partial charge in [-0.1, -0.05) is 30.3 Å². The average molecular weight is 267 g/mol. The van der Waals surface area contributed by atoms with Crippen LogP contribution in [0.4, 0.5) is 0 Å². The van der Waals surface area contributed by atoms with E-state index in [-0.39, 0.29) is 17.1 Å². The smallest absolute Gasteiger partial charge is 0.223 e. The van der Waals surface area contributed by atoms with Crippen LogP contribution in [-0.4, -0.2) is 28.6 Å². The molecule has 0 radical (unpaired) electrons. The van der Waals surface area contributed by atoms with Gasteiger partial charge < -0.3 is 10.4 Å². The van der Waals surface area contributed by atoms with Crippen LogP contribution in [0.3, 0.4) is 0 Å². The Hall–Kier alpha value is -1.00. The van der Waals surface area contributed by atoms with Crippen molar-refractivity contribution in [3.05, 3.63) is 35.9 Å². The largest absolute Gasteiger partial charge is 0.388 e. The molecule has 0 heterocycles. The van der Waals surface area contributed by atoms with Crippen molar-refractivity contribution in [2.24, 2.45) is 0 Å². The van der Waals surface area contributed by atoms with Gasteiger partial charge in [-0.25, -0.2) is 0 Å². The molecule has 4 heteroatoms. The summed E-state index contributed by atoms with van der Waals surface area (Å²) in [5.41, 5.74) is 0.775. The van der Waals surface area contributed by atoms with E-state index in [0.29, 0.717) is 6.54 Å². The van der Waals surface area contributed by atoms with E-state index in [1.807, 2.05) is 36.6 Å². The summed E-state index contributed by atoms with van der Waals surface area (Å²) in [6.07, 6.45) is 1.39. The lowest BCUT2D eigenvalue weighted by molar-refractivity contribution is -0.123. The van der Waals surface area contributed by atoms with Gasteiger partial charge in [0, 0.05) is 11.3 Å². The summed E-state index contributed by atoms with van der Waals surface area (Å²) < 4.78 is 0.0212. The molecule has 100 valence electrons. The highest BCUT2D eigenvalue weighted by Gasteiger charge is 2.18. The number of hydrogen-bond donors (Lipinski definition) is 2. The Kier molecular flexibility index (Phi) is 5.69. The Bertz CT molecular complexity index is 379. The summed E-state index contributed by atoms with van der Waals surface area (Å²) in [5, 5.41) is 12.8. The van der Waals surface area contributed by atoms with Gasteiger partial charge in [-0.3, -0.25) is 4.79 Å². The maximum atomic E-state index is 11.7. The van der Waals surface area contributed by atoms with Gasteiger partial charge >= 0.3 is 0 Å². The standard InChI is InChI=1S/C14H21NO2S/c1-14(2,18-3)10-15-13(17)9-12(16)11-7-5-4-6-8-11/h4-8,12,16H,9-10H2,1-3H3,(H,15,17). The maximum absolute atomic E-state index is 11.7. The van der Waals surface area contributed by atoms with Crippen molar-refractivity contribution < 1.29 is 9.90 Å². The number of aliphatic hydroxyl groups is 1. The van der Waals surface area contributed by atoms with Crippen LogP contribution in [0.5, 0.6) is 0 Å². The average Bonchev–Trinajstić information content (AvgIpc) is 2.37. The molecule has 0 aliphatic heterocycles. The summed E-state index contributed by atoms with van der Waals surface area (Å²) in [7, 11) is 0. The molecule has 0 aromatic heterocycles. The first-order chi connectivity index (χ1) is 8.44. The number of benzene rings is 1. The molecule has 1 aromatic carbocycles. The quantitative estimate of drug-likeness (QED) is 0.832. The van der Waals surface area contributed by atoms with Crippen LogP contribution in [0.15, 0.2) is 30.3 Å². The molecule has 0 fully saturated rings. The minimum atomic E-state index is -0.733. The lowest BCUT2D eigenvalue weighted by atomic mass is 10.1. The zero-order valence-electron chi connectivity index (χ0n) is 11.1. The molecule has 1 rings (SSSR count). The molecule has 1 aromatic rings. The van der Waals surface area contributed by atoms with Crippen LogP contribution in [0.25, 0.3) is 0 Å². The number of amides is 1. The molecule has 18 heavy (non-hydrogen) atoms. The van der Waals surface area contributed by atoms with E-state index in [1.54, 1.807) is 11.8 Å². The van der Waals surface area contributed by atoms with E-state index >= 15 is 0 Å². The molecule has 0 saturated carbocycles. The second kappa shape index (κ2) is 6.81. The first-order valence-electron chi connectivity index (χ1n) is 5.99. The zero-order valence-corrected chi connectivity index (χ0v) is 12.0. The topological polar surface area (TPSA) is 49.3 Å². The second-order valence-corrected chi connectivity index (χ2v) is 6.38. The summed E-state index contributed by atoms with van der Waals surface area (Å²) in [4.78, 5) is 11.7. The van der Waals surface area contributed by atoms with Crippen molar-refractivity contribution in [1.82, 2.24) is 5.32 Å². The molecule has 1 unspecified atom stereocenters. The van der Waals surface area contributed by atoms with Crippen LogP contribution in [0.2, 0.25) is 0 Å². The number of nitrogens with one attached hydrogen (secondary N) is 1. The number of thioether (sulfide) groups is 1. The number of aliphatic hydroxyl groups excluding tert-OH is 1. The number of carbonyl (C=O) groups is 1. The van der Waals surface area contributed by atoms with Crippen LogP contribution in [-0.2, 0) is 4.79 Å². The van der Waals surface area contributed by atoms with E-state index in [0.717, 1.165) is 5.56 Å². The highest BCUT2D eigenvalue weighted by Crippen LogP contribution is 2.20.